The topological polar surface area (TPSA) is 80.1 Å². The Bertz CT molecular complexity index is 1310. The van der Waals surface area contributed by atoms with Crippen molar-refractivity contribution in [3.8, 4) is 11.5 Å². The zero-order valence-electron chi connectivity index (χ0n) is 23.3. The first-order valence-corrected chi connectivity index (χ1v) is 13.9. The van der Waals surface area contributed by atoms with E-state index in [-0.39, 0.29) is 18.5 Å². The number of ether oxygens (including phenoxy) is 2. The summed E-state index contributed by atoms with van der Waals surface area (Å²) in [7, 11) is 5.13. The Balaban J connectivity index is 1.30. The number of anilines is 1. The van der Waals surface area contributed by atoms with Crippen LogP contribution >= 0.6 is 0 Å². The van der Waals surface area contributed by atoms with Crippen molar-refractivity contribution in [1.29, 1.82) is 0 Å². The summed E-state index contributed by atoms with van der Waals surface area (Å²) in [6.45, 7) is 2.69. The number of methoxy groups -OCH3 is 1. The highest BCUT2D eigenvalue weighted by atomic mass is 16.5. The highest BCUT2D eigenvalue weighted by Gasteiger charge is 2.28. The molecule has 0 atom stereocenters. The van der Waals surface area contributed by atoms with Crippen molar-refractivity contribution in [3.05, 3.63) is 48.3 Å². The van der Waals surface area contributed by atoms with Crippen LogP contribution in [-0.4, -0.2) is 72.2 Å². The van der Waals surface area contributed by atoms with E-state index in [4.69, 9.17) is 9.47 Å². The number of aromatic nitrogens is 2. The molecule has 5 rings (SSSR count). The largest absolute Gasteiger partial charge is 0.493 e. The van der Waals surface area contributed by atoms with Crippen LogP contribution in [0.2, 0.25) is 0 Å². The molecule has 2 aliphatic rings. The fraction of sp³-hybridized carbons (Fsp3) is 0.500. The van der Waals surface area contributed by atoms with Crippen molar-refractivity contribution in [1.82, 2.24) is 19.4 Å². The number of likely N-dealkylation sites (N-methyl/N-ethyl adjacent to an activating group) is 1. The van der Waals surface area contributed by atoms with Crippen molar-refractivity contribution >= 4 is 28.7 Å². The molecular formula is C30H39N5O4. The van der Waals surface area contributed by atoms with Gasteiger partial charge < -0.3 is 23.8 Å². The van der Waals surface area contributed by atoms with Gasteiger partial charge in [-0.2, -0.15) is 0 Å². The van der Waals surface area contributed by atoms with Gasteiger partial charge >= 0.3 is 6.03 Å². The summed E-state index contributed by atoms with van der Waals surface area (Å²) >= 11 is 0. The Labute approximate surface area is 230 Å². The van der Waals surface area contributed by atoms with Crippen LogP contribution in [0.3, 0.4) is 0 Å². The maximum Gasteiger partial charge on any atom is 0.324 e. The summed E-state index contributed by atoms with van der Waals surface area (Å²) in [5.41, 5.74) is 2.57. The lowest BCUT2D eigenvalue weighted by atomic mass is 10.1. The number of pyridine rings is 1. The second-order valence-corrected chi connectivity index (χ2v) is 10.8. The van der Waals surface area contributed by atoms with Crippen molar-refractivity contribution in [3.63, 3.8) is 0 Å². The molecule has 3 heterocycles. The van der Waals surface area contributed by atoms with Crippen LogP contribution in [0.5, 0.6) is 11.5 Å². The van der Waals surface area contributed by atoms with Crippen LogP contribution in [0.4, 0.5) is 10.5 Å². The Morgan fingerprint density at radius 2 is 1.90 bits per heavy atom. The fourth-order valence-electron chi connectivity index (χ4n) is 5.65. The van der Waals surface area contributed by atoms with Crippen LogP contribution in [0.25, 0.3) is 11.0 Å². The molecule has 1 saturated heterocycles. The molecule has 1 saturated carbocycles. The third-order valence-electron chi connectivity index (χ3n) is 7.95. The highest BCUT2D eigenvalue weighted by molar-refractivity contribution is 5.93. The van der Waals surface area contributed by atoms with Crippen molar-refractivity contribution < 1.29 is 19.1 Å². The maximum absolute atomic E-state index is 13.7. The number of urea groups is 1. The fourth-order valence-corrected chi connectivity index (χ4v) is 5.65. The molecule has 208 valence electrons. The van der Waals surface area contributed by atoms with Crippen LogP contribution in [-0.2, 0) is 17.9 Å². The SMILES string of the molecule is COc1ccc(N2CCCN(Cc3ccnc4c3ccn4CC(=O)N(C)C)C2=O)cc1OCCC1CCCC1. The molecule has 9 nitrogen and oxygen atoms in total. The Hall–Kier alpha value is -3.75. The highest BCUT2D eigenvalue weighted by Crippen LogP contribution is 2.34. The molecule has 2 fully saturated rings. The van der Waals surface area contributed by atoms with Crippen LogP contribution in [0, 0.1) is 5.92 Å². The Kier molecular flexibility index (Phi) is 8.24. The third-order valence-corrected chi connectivity index (χ3v) is 7.95. The van der Waals surface area contributed by atoms with Crippen molar-refractivity contribution in [2.24, 2.45) is 5.92 Å². The van der Waals surface area contributed by atoms with E-state index in [0.29, 0.717) is 37.7 Å². The number of fused-ring (bicyclic) bond motifs is 1. The van der Waals surface area contributed by atoms with E-state index in [9.17, 15) is 9.59 Å². The normalized spacial score (nSPS) is 16.2. The van der Waals surface area contributed by atoms with E-state index in [2.05, 4.69) is 4.98 Å². The first-order valence-electron chi connectivity index (χ1n) is 13.9. The van der Waals surface area contributed by atoms with Gasteiger partial charge in [0.1, 0.15) is 12.2 Å². The van der Waals surface area contributed by atoms with E-state index >= 15 is 0 Å². The van der Waals surface area contributed by atoms with Crippen molar-refractivity contribution in [2.75, 3.05) is 45.8 Å². The molecule has 3 amide bonds. The minimum atomic E-state index is -0.0319. The molecule has 0 unspecified atom stereocenters. The van der Waals surface area contributed by atoms with Gasteiger partial charge in [0.25, 0.3) is 0 Å². The van der Waals surface area contributed by atoms with Crippen LogP contribution < -0.4 is 14.4 Å². The Morgan fingerprint density at radius 1 is 1.08 bits per heavy atom. The number of hydrogen-bond acceptors (Lipinski definition) is 5. The number of benzene rings is 1. The molecule has 0 spiro atoms. The monoisotopic (exact) mass is 533 g/mol. The van der Waals surface area contributed by atoms with E-state index in [1.165, 1.54) is 25.7 Å². The standard InChI is InChI=1S/C30H39N5O4/c1-32(2)28(36)21-33-17-12-25-23(11-14-31-29(25)33)20-34-15-6-16-35(30(34)37)24-9-10-26(38-3)27(19-24)39-18-13-22-7-4-5-8-22/h9-12,14,17,19,22H,4-8,13,15-16,18,20-21H2,1-3H3. The molecular weight excluding hydrogens is 494 g/mol. The number of carbonyl (C=O) groups is 2. The van der Waals surface area contributed by atoms with Crippen LogP contribution in [0.15, 0.2) is 42.7 Å². The lowest BCUT2D eigenvalue weighted by molar-refractivity contribution is -0.129. The molecule has 39 heavy (non-hydrogen) atoms. The quantitative estimate of drug-likeness (QED) is 0.369. The predicted molar refractivity (Wildman–Crippen MR) is 151 cm³/mol. The van der Waals surface area contributed by atoms with Crippen molar-refractivity contribution in [2.45, 2.75) is 51.6 Å². The van der Waals surface area contributed by atoms with Gasteiger partial charge in [-0.25, -0.2) is 9.78 Å². The molecule has 1 aromatic carbocycles. The van der Waals surface area contributed by atoms with Gasteiger partial charge in [-0.3, -0.25) is 9.69 Å². The first-order chi connectivity index (χ1) is 18.9. The lowest BCUT2D eigenvalue weighted by Gasteiger charge is -2.36. The Morgan fingerprint density at radius 3 is 2.67 bits per heavy atom. The smallest absolute Gasteiger partial charge is 0.324 e. The van der Waals surface area contributed by atoms with E-state index in [0.717, 1.165) is 41.0 Å². The van der Waals surface area contributed by atoms with Crippen LogP contribution in [0.1, 0.15) is 44.1 Å². The summed E-state index contributed by atoms with van der Waals surface area (Å²) in [6, 6.07) is 9.65. The third kappa shape index (κ3) is 5.97. The van der Waals surface area contributed by atoms with Gasteiger partial charge in [0.05, 0.1) is 13.7 Å². The number of nitrogens with zero attached hydrogens (tertiary/aromatic N) is 5. The molecule has 2 aromatic heterocycles. The number of hydrogen-bond donors (Lipinski definition) is 0. The lowest BCUT2D eigenvalue weighted by Crippen LogP contribution is -2.49. The number of carbonyl (C=O) groups excluding carboxylic acids is 2. The molecule has 3 aromatic rings. The number of rotatable bonds is 10. The average molecular weight is 534 g/mol. The zero-order chi connectivity index (χ0) is 27.4. The minimum Gasteiger partial charge on any atom is -0.493 e. The molecule has 0 radical (unpaired) electrons. The second-order valence-electron chi connectivity index (χ2n) is 10.8. The molecule has 0 bridgehead atoms. The van der Waals surface area contributed by atoms with Gasteiger partial charge in [-0.15, -0.1) is 0 Å². The van der Waals surface area contributed by atoms with Gasteiger partial charge in [0, 0.05) is 63.3 Å². The maximum atomic E-state index is 13.7. The molecule has 9 heteroatoms. The van der Waals surface area contributed by atoms with E-state index < -0.39 is 0 Å². The first kappa shape index (κ1) is 26.8. The summed E-state index contributed by atoms with van der Waals surface area (Å²) < 4.78 is 13.6. The van der Waals surface area contributed by atoms with Gasteiger partial charge in [0.15, 0.2) is 11.5 Å². The minimum absolute atomic E-state index is 0.00271. The van der Waals surface area contributed by atoms with Gasteiger partial charge in [-0.1, -0.05) is 25.7 Å². The second kappa shape index (κ2) is 12.0. The number of amides is 3. The van der Waals surface area contributed by atoms with Gasteiger partial charge in [-0.05, 0) is 48.6 Å². The predicted octanol–water partition coefficient (Wildman–Crippen LogP) is 4.92. The van der Waals surface area contributed by atoms with E-state index in [1.807, 2.05) is 50.9 Å². The molecule has 0 N–H and O–H groups in total. The summed E-state index contributed by atoms with van der Waals surface area (Å²) in [5, 5.41) is 0.955. The zero-order valence-corrected chi connectivity index (χ0v) is 23.3. The summed E-state index contributed by atoms with van der Waals surface area (Å²) in [5.74, 6) is 2.12. The average Bonchev–Trinajstić information content (AvgIpc) is 3.60. The summed E-state index contributed by atoms with van der Waals surface area (Å²) in [6.07, 6.45) is 10.8. The van der Waals surface area contributed by atoms with Gasteiger partial charge in [0.2, 0.25) is 5.91 Å². The molecule has 1 aliphatic heterocycles. The molecule has 1 aliphatic carbocycles. The summed E-state index contributed by atoms with van der Waals surface area (Å²) in [4.78, 5) is 35.7. The van der Waals surface area contributed by atoms with E-state index in [1.54, 1.807) is 32.3 Å².